The molecule has 1 aliphatic rings. The highest BCUT2D eigenvalue weighted by Gasteiger charge is 2.33. The van der Waals surface area contributed by atoms with E-state index in [1.807, 2.05) is 43.5 Å². The van der Waals surface area contributed by atoms with E-state index in [-0.39, 0.29) is 23.7 Å². The van der Waals surface area contributed by atoms with Crippen molar-refractivity contribution in [3.05, 3.63) is 108 Å². The average Bonchev–Trinajstić information content (AvgIpc) is 2.89. The van der Waals surface area contributed by atoms with Gasteiger partial charge in [-0.15, -0.1) is 6.58 Å². The Hall–Kier alpha value is -3.01. The second kappa shape index (κ2) is 11.8. The third kappa shape index (κ3) is 6.60. The molecule has 0 saturated carbocycles. The van der Waals surface area contributed by atoms with Gasteiger partial charge in [0, 0.05) is 30.8 Å². The number of rotatable bonds is 10. The number of sulfonamides is 1. The molecule has 0 bridgehead atoms. The maximum atomic E-state index is 12.8. The summed E-state index contributed by atoms with van der Waals surface area (Å²) >= 11 is 0. The van der Waals surface area contributed by atoms with E-state index < -0.39 is 16.3 Å². The molecule has 0 radical (unpaired) electrons. The molecule has 3 atom stereocenters. The van der Waals surface area contributed by atoms with Crippen molar-refractivity contribution >= 4 is 15.7 Å². The van der Waals surface area contributed by atoms with Crippen molar-refractivity contribution in [1.82, 2.24) is 4.90 Å². The summed E-state index contributed by atoms with van der Waals surface area (Å²) in [4.78, 5) is 2.33. The summed E-state index contributed by atoms with van der Waals surface area (Å²) in [6.45, 7) is 5.22. The molecule has 1 fully saturated rings. The number of aliphatic hydroxyl groups is 1. The topological polar surface area (TPSA) is 88.1 Å². The van der Waals surface area contributed by atoms with Crippen molar-refractivity contribution in [1.29, 1.82) is 0 Å². The normalized spacial score (nSPS) is 20.2. The largest absolute Gasteiger partial charge is 0.392 e. The van der Waals surface area contributed by atoms with Gasteiger partial charge in [0.15, 0.2) is 6.29 Å². The van der Waals surface area contributed by atoms with Crippen molar-refractivity contribution < 1.29 is 23.0 Å². The summed E-state index contributed by atoms with van der Waals surface area (Å²) in [5.41, 5.74) is 2.98. The highest BCUT2D eigenvalue weighted by Crippen LogP contribution is 2.38. The first-order valence-electron chi connectivity index (χ1n) is 11.9. The minimum Gasteiger partial charge on any atom is -0.392 e. The van der Waals surface area contributed by atoms with E-state index >= 15 is 0 Å². The van der Waals surface area contributed by atoms with Gasteiger partial charge in [0.05, 0.1) is 23.7 Å². The lowest BCUT2D eigenvalue weighted by Crippen LogP contribution is -2.37. The van der Waals surface area contributed by atoms with E-state index in [0.717, 1.165) is 23.2 Å². The molecule has 3 aromatic carbocycles. The number of nitrogens with zero attached hydrogens (tertiary/aromatic N) is 1. The van der Waals surface area contributed by atoms with Gasteiger partial charge in [0.2, 0.25) is 0 Å². The number of anilines is 1. The zero-order valence-electron chi connectivity index (χ0n) is 20.3. The molecule has 0 aliphatic carbocycles. The second-order valence-electron chi connectivity index (χ2n) is 8.90. The van der Waals surface area contributed by atoms with Crippen molar-refractivity contribution in [3.63, 3.8) is 0 Å². The molecule has 36 heavy (non-hydrogen) atoms. The summed E-state index contributed by atoms with van der Waals surface area (Å²) in [6, 6.07) is 23.1. The Morgan fingerprint density at radius 3 is 2.47 bits per heavy atom. The van der Waals surface area contributed by atoms with Gasteiger partial charge in [-0.2, -0.15) is 0 Å². The maximum Gasteiger partial charge on any atom is 0.261 e. The summed E-state index contributed by atoms with van der Waals surface area (Å²) in [5, 5.41) is 9.39. The smallest absolute Gasteiger partial charge is 0.261 e. The van der Waals surface area contributed by atoms with E-state index in [4.69, 9.17) is 9.47 Å². The van der Waals surface area contributed by atoms with Gasteiger partial charge in [-0.3, -0.25) is 4.72 Å². The van der Waals surface area contributed by atoms with Gasteiger partial charge in [0.1, 0.15) is 0 Å². The summed E-state index contributed by atoms with van der Waals surface area (Å²) in [5.74, 6) is 0. The fourth-order valence-corrected chi connectivity index (χ4v) is 5.31. The summed E-state index contributed by atoms with van der Waals surface area (Å²) < 4.78 is 41.0. The Morgan fingerprint density at radius 2 is 1.78 bits per heavy atom. The molecule has 0 unspecified atom stereocenters. The molecular formula is C28H32N2O5S. The van der Waals surface area contributed by atoms with Crippen LogP contribution in [-0.4, -0.2) is 44.7 Å². The van der Waals surface area contributed by atoms with Gasteiger partial charge in [-0.05, 0) is 42.4 Å². The van der Waals surface area contributed by atoms with Crippen LogP contribution in [0.5, 0.6) is 0 Å². The zero-order chi connectivity index (χ0) is 25.5. The Morgan fingerprint density at radius 1 is 1.03 bits per heavy atom. The SMILES string of the molecule is C=CCN(C)C[C@H]1C[C@@H](c2ccc(CO)cc2)O[C@@H](c2cccc(NS(=O)(=O)c3ccccc3)c2)O1. The van der Waals surface area contributed by atoms with Crippen LogP contribution >= 0.6 is 0 Å². The van der Waals surface area contributed by atoms with Gasteiger partial charge < -0.3 is 19.5 Å². The Labute approximate surface area is 213 Å². The van der Waals surface area contributed by atoms with Crippen LogP contribution in [-0.2, 0) is 26.1 Å². The molecule has 7 nitrogen and oxygen atoms in total. The predicted molar refractivity (Wildman–Crippen MR) is 140 cm³/mol. The maximum absolute atomic E-state index is 12.8. The molecule has 1 heterocycles. The van der Waals surface area contributed by atoms with Crippen molar-refractivity contribution in [2.75, 3.05) is 24.9 Å². The second-order valence-corrected chi connectivity index (χ2v) is 10.6. The van der Waals surface area contributed by atoms with Crippen LogP contribution in [0.2, 0.25) is 0 Å². The standard InChI is InChI=1S/C28H32N2O5S/c1-3-16-30(2)19-25-18-27(22-14-12-21(20-31)13-15-22)35-28(34-25)23-8-7-9-24(17-23)29-36(32,33)26-10-5-4-6-11-26/h3-15,17,25,27-29,31H,1,16,18-20H2,2H3/t25-,27+,28+/m1/s1. The number of ether oxygens (including phenoxy) is 2. The molecule has 0 aromatic heterocycles. The first-order valence-corrected chi connectivity index (χ1v) is 13.3. The van der Waals surface area contributed by atoms with E-state index in [0.29, 0.717) is 18.7 Å². The van der Waals surface area contributed by atoms with E-state index in [1.165, 1.54) is 0 Å². The van der Waals surface area contributed by atoms with E-state index in [9.17, 15) is 13.5 Å². The van der Waals surface area contributed by atoms with E-state index in [2.05, 4.69) is 16.2 Å². The number of hydrogen-bond donors (Lipinski definition) is 2. The van der Waals surface area contributed by atoms with Gasteiger partial charge in [0.25, 0.3) is 10.0 Å². The number of aliphatic hydroxyl groups excluding tert-OH is 1. The highest BCUT2D eigenvalue weighted by atomic mass is 32.2. The van der Waals surface area contributed by atoms with Crippen molar-refractivity contribution in [3.8, 4) is 0 Å². The molecular weight excluding hydrogens is 476 g/mol. The lowest BCUT2D eigenvalue weighted by Gasteiger charge is -2.37. The van der Waals surface area contributed by atoms with Crippen LogP contribution in [0, 0.1) is 0 Å². The van der Waals surface area contributed by atoms with Crippen LogP contribution < -0.4 is 4.72 Å². The molecule has 0 amide bonds. The minimum absolute atomic E-state index is 0.0157. The van der Waals surface area contributed by atoms with Gasteiger partial charge in [-0.25, -0.2) is 8.42 Å². The summed E-state index contributed by atoms with van der Waals surface area (Å²) in [6.07, 6.45) is 1.51. The molecule has 3 aromatic rings. The van der Waals surface area contributed by atoms with Crippen molar-refractivity contribution in [2.45, 2.75) is 36.4 Å². The molecule has 8 heteroatoms. The lowest BCUT2D eigenvalue weighted by atomic mass is 9.99. The molecule has 0 spiro atoms. The number of benzene rings is 3. The van der Waals surface area contributed by atoms with Crippen LogP contribution in [0.4, 0.5) is 5.69 Å². The first kappa shape index (κ1) is 26.1. The minimum atomic E-state index is -3.72. The third-order valence-corrected chi connectivity index (χ3v) is 7.43. The average molecular weight is 509 g/mol. The number of hydrogen-bond acceptors (Lipinski definition) is 6. The zero-order valence-corrected chi connectivity index (χ0v) is 21.1. The molecule has 190 valence electrons. The lowest BCUT2D eigenvalue weighted by molar-refractivity contribution is -0.252. The fraction of sp³-hybridized carbons (Fsp3) is 0.286. The number of nitrogens with one attached hydrogen (secondary N) is 1. The summed E-state index contributed by atoms with van der Waals surface area (Å²) in [7, 11) is -1.71. The monoisotopic (exact) mass is 508 g/mol. The highest BCUT2D eigenvalue weighted by molar-refractivity contribution is 7.92. The van der Waals surface area contributed by atoms with Crippen LogP contribution in [0.1, 0.15) is 35.5 Å². The Balaban J connectivity index is 1.57. The number of likely N-dealkylation sites (N-methyl/N-ethyl adjacent to an activating group) is 1. The van der Waals surface area contributed by atoms with Crippen LogP contribution in [0.25, 0.3) is 0 Å². The van der Waals surface area contributed by atoms with Crippen LogP contribution in [0.3, 0.4) is 0 Å². The Kier molecular flexibility index (Phi) is 8.56. The van der Waals surface area contributed by atoms with Gasteiger partial charge >= 0.3 is 0 Å². The first-order chi connectivity index (χ1) is 17.4. The molecule has 1 aliphatic heterocycles. The molecule has 1 saturated heterocycles. The van der Waals surface area contributed by atoms with Gasteiger partial charge in [-0.1, -0.05) is 60.7 Å². The quantitative estimate of drug-likeness (QED) is 0.388. The fourth-order valence-electron chi connectivity index (χ4n) is 4.24. The van der Waals surface area contributed by atoms with Crippen molar-refractivity contribution in [2.24, 2.45) is 0 Å². The molecule has 2 N–H and O–H groups in total. The predicted octanol–water partition coefficient (Wildman–Crippen LogP) is 4.64. The van der Waals surface area contributed by atoms with Crippen LogP contribution in [0.15, 0.2) is 96.4 Å². The Bertz CT molecular complexity index is 1250. The van der Waals surface area contributed by atoms with E-state index in [1.54, 1.807) is 48.5 Å². The molecule has 4 rings (SSSR count). The third-order valence-electron chi connectivity index (χ3n) is 6.04.